The zero-order valence-electron chi connectivity index (χ0n) is 12.5. The highest BCUT2D eigenvalue weighted by Gasteiger charge is 2.24. The topological polar surface area (TPSA) is 24.9 Å². The highest BCUT2D eigenvalue weighted by Crippen LogP contribution is 2.10. The molecule has 108 valence electrons. The van der Waals surface area contributed by atoms with Crippen molar-refractivity contribution in [2.75, 3.05) is 52.5 Å². The van der Waals surface area contributed by atoms with Gasteiger partial charge in [-0.3, -0.25) is 0 Å². The number of ether oxygens (including phenoxy) is 2. The van der Waals surface area contributed by atoms with E-state index in [1.807, 2.05) is 0 Å². The smallest absolute Gasteiger partial charge is 0.0936 e. The van der Waals surface area contributed by atoms with Crippen LogP contribution in [0.5, 0.6) is 0 Å². The maximum Gasteiger partial charge on any atom is 0.0936 e. The molecule has 2 atom stereocenters. The molecule has 0 aromatic heterocycles. The lowest BCUT2D eigenvalue weighted by atomic mass is 10.2. The van der Waals surface area contributed by atoms with E-state index in [2.05, 4.69) is 37.5 Å². The standard InChI is InChI=1S/C14H30N2O2/c1-5-15(6-2)9-13-11-18-14(12-17-13)10-16(7-3)8-4/h13-14H,5-12H2,1-4H3/t13-,14+. The fourth-order valence-corrected chi connectivity index (χ4v) is 2.33. The minimum Gasteiger partial charge on any atom is -0.372 e. The third kappa shape index (κ3) is 5.22. The van der Waals surface area contributed by atoms with E-state index in [1.165, 1.54) is 0 Å². The Morgan fingerprint density at radius 2 is 1.06 bits per heavy atom. The highest BCUT2D eigenvalue weighted by molar-refractivity contribution is 4.73. The number of likely N-dealkylation sites (N-methyl/N-ethyl adjacent to an activating group) is 2. The van der Waals surface area contributed by atoms with Gasteiger partial charge in [0.05, 0.1) is 25.4 Å². The van der Waals surface area contributed by atoms with Crippen molar-refractivity contribution in [2.45, 2.75) is 39.9 Å². The molecular weight excluding hydrogens is 228 g/mol. The molecule has 0 N–H and O–H groups in total. The summed E-state index contributed by atoms with van der Waals surface area (Å²) in [5.74, 6) is 0. The molecule has 0 amide bonds. The van der Waals surface area contributed by atoms with Crippen molar-refractivity contribution < 1.29 is 9.47 Å². The zero-order chi connectivity index (χ0) is 13.4. The molecule has 1 heterocycles. The molecule has 0 bridgehead atoms. The van der Waals surface area contributed by atoms with E-state index >= 15 is 0 Å². The average molecular weight is 258 g/mol. The summed E-state index contributed by atoms with van der Waals surface area (Å²) in [5.41, 5.74) is 0. The Labute approximate surface area is 112 Å². The molecular formula is C14H30N2O2. The molecule has 18 heavy (non-hydrogen) atoms. The van der Waals surface area contributed by atoms with Crippen LogP contribution in [0.25, 0.3) is 0 Å². The van der Waals surface area contributed by atoms with Gasteiger partial charge in [-0.1, -0.05) is 27.7 Å². The minimum atomic E-state index is 0.248. The summed E-state index contributed by atoms with van der Waals surface area (Å²) in [6, 6.07) is 0. The summed E-state index contributed by atoms with van der Waals surface area (Å²) >= 11 is 0. The van der Waals surface area contributed by atoms with E-state index in [9.17, 15) is 0 Å². The van der Waals surface area contributed by atoms with Gasteiger partial charge in [0, 0.05) is 13.1 Å². The summed E-state index contributed by atoms with van der Waals surface area (Å²) in [5, 5.41) is 0. The van der Waals surface area contributed by atoms with Crippen LogP contribution >= 0.6 is 0 Å². The van der Waals surface area contributed by atoms with Gasteiger partial charge in [-0.05, 0) is 26.2 Å². The Hall–Kier alpha value is -0.160. The van der Waals surface area contributed by atoms with Gasteiger partial charge < -0.3 is 19.3 Å². The molecule has 4 heteroatoms. The summed E-state index contributed by atoms with van der Waals surface area (Å²) < 4.78 is 11.8. The van der Waals surface area contributed by atoms with Crippen LogP contribution in [0.2, 0.25) is 0 Å². The first-order chi connectivity index (χ1) is 8.73. The molecule has 4 nitrogen and oxygen atoms in total. The van der Waals surface area contributed by atoms with Crippen LogP contribution in [0.15, 0.2) is 0 Å². The van der Waals surface area contributed by atoms with Gasteiger partial charge in [-0.25, -0.2) is 0 Å². The Bertz CT molecular complexity index is 176. The van der Waals surface area contributed by atoms with Gasteiger partial charge in [0.15, 0.2) is 0 Å². The van der Waals surface area contributed by atoms with E-state index < -0.39 is 0 Å². The fraction of sp³-hybridized carbons (Fsp3) is 1.00. The maximum absolute atomic E-state index is 5.92. The van der Waals surface area contributed by atoms with Crippen LogP contribution in [-0.4, -0.2) is 74.5 Å². The molecule has 0 radical (unpaired) electrons. The van der Waals surface area contributed by atoms with E-state index in [-0.39, 0.29) is 12.2 Å². The largest absolute Gasteiger partial charge is 0.372 e. The van der Waals surface area contributed by atoms with Gasteiger partial charge in [-0.15, -0.1) is 0 Å². The monoisotopic (exact) mass is 258 g/mol. The maximum atomic E-state index is 5.92. The number of hydrogen-bond donors (Lipinski definition) is 0. The van der Waals surface area contributed by atoms with Gasteiger partial charge in [0.25, 0.3) is 0 Å². The normalized spacial score (nSPS) is 25.0. The molecule has 0 saturated carbocycles. The van der Waals surface area contributed by atoms with Crippen molar-refractivity contribution in [2.24, 2.45) is 0 Å². The van der Waals surface area contributed by atoms with E-state index in [4.69, 9.17) is 9.47 Å². The highest BCUT2D eigenvalue weighted by atomic mass is 16.6. The Morgan fingerprint density at radius 1 is 0.722 bits per heavy atom. The van der Waals surface area contributed by atoms with E-state index in [0.29, 0.717) is 0 Å². The first-order valence-corrected chi connectivity index (χ1v) is 7.41. The Morgan fingerprint density at radius 3 is 1.28 bits per heavy atom. The summed E-state index contributed by atoms with van der Waals surface area (Å²) in [4.78, 5) is 4.78. The van der Waals surface area contributed by atoms with Crippen LogP contribution in [0, 0.1) is 0 Å². The first kappa shape index (κ1) is 15.9. The predicted octanol–water partition coefficient (Wildman–Crippen LogP) is 1.45. The van der Waals surface area contributed by atoms with Crippen LogP contribution in [-0.2, 0) is 9.47 Å². The Kier molecular flexibility index (Phi) is 7.82. The van der Waals surface area contributed by atoms with Gasteiger partial charge >= 0.3 is 0 Å². The lowest BCUT2D eigenvalue weighted by Gasteiger charge is -2.34. The molecule has 0 spiro atoms. The number of rotatable bonds is 8. The number of hydrogen-bond acceptors (Lipinski definition) is 4. The molecule has 0 aromatic rings. The molecule has 1 saturated heterocycles. The van der Waals surface area contributed by atoms with Crippen molar-refractivity contribution in [3.8, 4) is 0 Å². The predicted molar refractivity (Wildman–Crippen MR) is 75.1 cm³/mol. The van der Waals surface area contributed by atoms with Gasteiger partial charge in [0.1, 0.15) is 0 Å². The average Bonchev–Trinajstić information content (AvgIpc) is 2.43. The van der Waals surface area contributed by atoms with Crippen LogP contribution in [0.1, 0.15) is 27.7 Å². The van der Waals surface area contributed by atoms with Crippen molar-refractivity contribution in [3.05, 3.63) is 0 Å². The van der Waals surface area contributed by atoms with Crippen LogP contribution in [0.4, 0.5) is 0 Å². The number of nitrogens with zero attached hydrogens (tertiary/aromatic N) is 2. The third-order valence-electron chi connectivity index (χ3n) is 3.75. The summed E-state index contributed by atoms with van der Waals surface area (Å²) in [6.45, 7) is 16.6. The minimum absolute atomic E-state index is 0.248. The molecule has 0 aliphatic carbocycles. The van der Waals surface area contributed by atoms with E-state index in [0.717, 1.165) is 52.5 Å². The summed E-state index contributed by atoms with van der Waals surface area (Å²) in [6.07, 6.45) is 0.496. The molecule has 1 aliphatic heterocycles. The quantitative estimate of drug-likeness (QED) is 0.658. The van der Waals surface area contributed by atoms with Crippen molar-refractivity contribution >= 4 is 0 Å². The summed E-state index contributed by atoms with van der Waals surface area (Å²) in [7, 11) is 0. The van der Waals surface area contributed by atoms with E-state index in [1.54, 1.807) is 0 Å². The fourth-order valence-electron chi connectivity index (χ4n) is 2.33. The van der Waals surface area contributed by atoms with Gasteiger partial charge in [-0.2, -0.15) is 0 Å². The SMILES string of the molecule is CCN(CC)C[C@H]1CO[C@H](CN(CC)CC)CO1. The lowest BCUT2D eigenvalue weighted by Crippen LogP contribution is -2.46. The molecule has 1 fully saturated rings. The zero-order valence-corrected chi connectivity index (χ0v) is 12.5. The van der Waals surface area contributed by atoms with Crippen LogP contribution < -0.4 is 0 Å². The Balaban J connectivity index is 2.23. The van der Waals surface area contributed by atoms with Crippen molar-refractivity contribution in [3.63, 3.8) is 0 Å². The lowest BCUT2D eigenvalue weighted by molar-refractivity contribution is -0.144. The molecule has 0 aromatic carbocycles. The first-order valence-electron chi connectivity index (χ1n) is 7.41. The third-order valence-corrected chi connectivity index (χ3v) is 3.75. The van der Waals surface area contributed by atoms with Crippen LogP contribution in [0.3, 0.4) is 0 Å². The molecule has 1 rings (SSSR count). The molecule has 0 unspecified atom stereocenters. The van der Waals surface area contributed by atoms with Gasteiger partial charge in [0.2, 0.25) is 0 Å². The van der Waals surface area contributed by atoms with Crippen molar-refractivity contribution in [1.82, 2.24) is 9.80 Å². The van der Waals surface area contributed by atoms with Crippen molar-refractivity contribution in [1.29, 1.82) is 0 Å². The second kappa shape index (κ2) is 8.86. The second-order valence-corrected chi connectivity index (χ2v) is 4.88. The second-order valence-electron chi connectivity index (χ2n) is 4.88. The molecule has 1 aliphatic rings.